The Hall–Kier alpha value is -5.42. The molecule has 1 fully saturated rings. The largest absolute Gasteiger partial charge is 0.481 e. The van der Waals surface area contributed by atoms with Gasteiger partial charge in [0.05, 0.1) is 0 Å². The predicted octanol–water partition coefficient (Wildman–Crippen LogP) is 0.742. The average Bonchev–Trinajstić information content (AvgIpc) is 3.97. The van der Waals surface area contributed by atoms with Crippen LogP contribution in [0, 0.1) is 0 Å². The van der Waals surface area contributed by atoms with Crippen molar-refractivity contribution < 1.29 is 83.3 Å². The van der Waals surface area contributed by atoms with Crippen LogP contribution in [0.2, 0.25) is 0 Å². The fourth-order valence-corrected chi connectivity index (χ4v) is 6.86. The van der Waals surface area contributed by atoms with Crippen molar-refractivity contribution in [1.29, 1.82) is 0 Å². The number of carbonyl (C=O) groups is 10. The second-order valence-corrected chi connectivity index (χ2v) is 16.1. The van der Waals surface area contributed by atoms with Gasteiger partial charge in [-0.25, -0.2) is 19.2 Å². The van der Waals surface area contributed by atoms with Crippen LogP contribution >= 0.6 is 0 Å². The summed E-state index contributed by atoms with van der Waals surface area (Å²) in [6.45, 7) is 0.324. The first-order valence-corrected chi connectivity index (χ1v) is 22.4. The highest BCUT2D eigenvalue weighted by Gasteiger charge is 2.42. The molecule has 0 bridgehead atoms. The second kappa shape index (κ2) is 33.1. The molecule has 1 aliphatic rings. The van der Waals surface area contributed by atoms with Gasteiger partial charge in [0.1, 0.15) is 30.3 Å². The van der Waals surface area contributed by atoms with Crippen molar-refractivity contribution in [3.63, 3.8) is 0 Å². The summed E-state index contributed by atoms with van der Waals surface area (Å²) < 4.78 is 5.05. The highest BCUT2D eigenvalue weighted by atomic mass is 16.7. The second-order valence-electron chi connectivity index (χ2n) is 16.1. The Morgan fingerprint density at radius 1 is 0.431 bits per heavy atom. The van der Waals surface area contributed by atoms with Gasteiger partial charge in [0, 0.05) is 51.1 Å². The van der Waals surface area contributed by atoms with Crippen molar-refractivity contribution in [3.05, 3.63) is 0 Å². The number of carboxylic acid groups (broad SMARTS) is 5. The summed E-state index contributed by atoms with van der Waals surface area (Å²) in [6, 6.07) is -6.15. The molecular weight excluding hydrogens is 860 g/mol. The number of epoxide rings is 1. The molecule has 1 heterocycles. The molecular formula is C42H70N6O17. The number of ether oxygens (including phenoxy) is 1. The zero-order valence-corrected chi connectivity index (χ0v) is 37.2. The lowest BCUT2D eigenvalue weighted by Crippen LogP contribution is -2.45. The summed E-state index contributed by atoms with van der Waals surface area (Å²) in [4.78, 5) is 120. The number of amides is 5. The van der Waals surface area contributed by atoms with Gasteiger partial charge in [0.15, 0.2) is 6.29 Å². The van der Waals surface area contributed by atoms with Gasteiger partial charge in [-0.2, -0.15) is 0 Å². The summed E-state index contributed by atoms with van der Waals surface area (Å²) in [5.74, 6) is -10.3. The highest BCUT2D eigenvalue weighted by molar-refractivity contribution is 5.88. The van der Waals surface area contributed by atoms with E-state index in [0.29, 0.717) is 32.2 Å². The van der Waals surface area contributed by atoms with Crippen LogP contribution in [0.3, 0.4) is 0 Å². The number of carboxylic acids is 5. The van der Waals surface area contributed by atoms with Gasteiger partial charge in [0.25, 0.3) is 0 Å². The fraction of sp³-hybridized carbons (Fsp3) is 0.762. The molecule has 1 saturated heterocycles. The molecule has 23 nitrogen and oxygen atoms in total. The predicted molar refractivity (Wildman–Crippen MR) is 229 cm³/mol. The topological polar surface area (TPSA) is 377 Å². The first kappa shape index (κ1) is 57.6. The van der Waals surface area contributed by atoms with Crippen LogP contribution in [0.15, 0.2) is 0 Å². The molecule has 2 unspecified atom stereocenters. The quantitative estimate of drug-likeness (QED) is 0.0298. The summed E-state index contributed by atoms with van der Waals surface area (Å²) in [6.07, 6.45) is 6.72. The van der Waals surface area contributed by atoms with Gasteiger partial charge < -0.3 is 67.3 Å². The molecule has 1 aliphatic heterocycles. The SMILES string of the molecule is CN[C@@H](CCCCNC(=O)CC[C@H](NC(=O)CC[C@H](NC(=O)CC[C@H](NC(=O)CC[C@H](NC(=O)CCCCCCCCCCCCC(=O)O)C(=O)O)C(=O)O)C(=O)O)C(=O)O)C1OC1O. The Labute approximate surface area is 377 Å². The highest BCUT2D eigenvalue weighted by Crippen LogP contribution is 2.25. The van der Waals surface area contributed by atoms with E-state index < -0.39 is 122 Å². The van der Waals surface area contributed by atoms with Crippen LogP contribution in [-0.4, -0.2) is 146 Å². The van der Waals surface area contributed by atoms with Crippen molar-refractivity contribution in [2.75, 3.05) is 13.6 Å². The normalized spacial score (nSPS) is 16.4. The number of aliphatic hydroxyl groups excluding tert-OH is 1. The third-order valence-corrected chi connectivity index (χ3v) is 10.8. The number of hydrogen-bond donors (Lipinski definition) is 12. The molecule has 0 spiro atoms. The summed E-state index contributed by atoms with van der Waals surface area (Å²) >= 11 is 0. The van der Waals surface area contributed by atoms with Crippen LogP contribution in [-0.2, 0) is 52.7 Å². The Morgan fingerprint density at radius 2 is 0.754 bits per heavy atom. The van der Waals surface area contributed by atoms with Crippen LogP contribution in [0.4, 0.5) is 0 Å². The molecule has 23 heteroatoms. The Kier molecular flexibility index (Phi) is 29.3. The standard InChI is InChI=1S/C42H70N6O17/c1-43-26(37-42(64)65-37)14-12-13-25-44-31(49)21-17-27(38(56)57)46-33(51)23-19-29(40(60)61)48-35(53)24-20-30(41(62)63)47-34(52)22-18-28(39(58)59)45-32(50)15-10-8-6-4-2-3-5-7-9-11-16-36(54)55/h26-30,37,42-43,64H,2-25H2,1H3,(H,44,49)(H,45,50)(H,46,51)(H,47,52)(H,48,53)(H,54,55)(H,56,57)(H,58,59)(H,60,61)(H,62,63)/t26-,27-,28-,29-,30-,37?,42?/m0/s1. The molecule has 1 rings (SSSR count). The Balaban J connectivity index is 2.40. The number of aliphatic hydroxyl groups is 1. The van der Waals surface area contributed by atoms with Crippen molar-refractivity contribution in [2.45, 2.75) is 190 Å². The minimum atomic E-state index is -1.63. The first-order chi connectivity index (χ1) is 30.8. The van der Waals surface area contributed by atoms with Crippen molar-refractivity contribution in [2.24, 2.45) is 0 Å². The minimum absolute atomic E-state index is 0.0266. The van der Waals surface area contributed by atoms with Crippen molar-refractivity contribution >= 4 is 59.4 Å². The number of aliphatic carboxylic acids is 5. The maximum atomic E-state index is 12.6. The molecule has 7 atom stereocenters. The lowest BCUT2D eigenvalue weighted by molar-refractivity contribution is -0.144. The number of carbonyl (C=O) groups excluding carboxylic acids is 5. The molecule has 0 aromatic heterocycles. The molecule has 0 aliphatic carbocycles. The summed E-state index contributed by atoms with van der Waals surface area (Å²) in [5.41, 5.74) is 0. The van der Waals surface area contributed by atoms with Gasteiger partial charge in [-0.05, 0) is 58.4 Å². The van der Waals surface area contributed by atoms with E-state index in [-0.39, 0.29) is 44.2 Å². The Morgan fingerprint density at radius 3 is 1.08 bits per heavy atom. The average molecular weight is 931 g/mol. The molecule has 0 aromatic carbocycles. The number of nitrogens with one attached hydrogen (secondary N) is 6. The van der Waals surface area contributed by atoms with Gasteiger partial charge in [-0.15, -0.1) is 0 Å². The monoisotopic (exact) mass is 930 g/mol. The van der Waals surface area contributed by atoms with Crippen molar-refractivity contribution in [1.82, 2.24) is 31.9 Å². The van der Waals surface area contributed by atoms with Gasteiger partial charge in [-0.1, -0.05) is 57.8 Å². The summed E-state index contributed by atoms with van der Waals surface area (Å²) in [7, 11) is 1.75. The molecule has 370 valence electrons. The van der Waals surface area contributed by atoms with E-state index in [4.69, 9.17) is 9.84 Å². The van der Waals surface area contributed by atoms with Gasteiger partial charge in [-0.3, -0.25) is 28.8 Å². The number of unbranched alkanes of at least 4 members (excludes halogenated alkanes) is 10. The molecule has 65 heavy (non-hydrogen) atoms. The molecule has 0 aromatic rings. The number of rotatable bonds is 40. The van der Waals surface area contributed by atoms with Crippen molar-refractivity contribution in [3.8, 4) is 0 Å². The molecule has 5 amide bonds. The van der Waals surface area contributed by atoms with E-state index in [0.717, 1.165) is 57.8 Å². The molecule has 12 N–H and O–H groups in total. The number of likely N-dealkylation sites (N-methyl/N-ethyl adjacent to an activating group) is 1. The van der Waals surface area contributed by atoms with E-state index >= 15 is 0 Å². The van der Waals surface area contributed by atoms with Crippen LogP contribution in [0.1, 0.15) is 148 Å². The lowest BCUT2D eigenvalue weighted by Gasteiger charge is -2.18. The maximum absolute atomic E-state index is 12.6. The van der Waals surface area contributed by atoms with E-state index in [1.165, 1.54) is 0 Å². The van der Waals surface area contributed by atoms with Crippen LogP contribution in [0.25, 0.3) is 0 Å². The summed E-state index contributed by atoms with van der Waals surface area (Å²) in [5, 5.41) is 71.1. The van der Waals surface area contributed by atoms with E-state index in [2.05, 4.69) is 31.9 Å². The minimum Gasteiger partial charge on any atom is -0.481 e. The lowest BCUT2D eigenvalue weighted by atomic mass is 10.0. The third kappa shape index (κ3) is 28.2. The molecule has 0 radical (unpaired) electrons. The van der Waals surface area contributed by atoms with E-state index in [1.807, 2.05) is 0 Å². The smallest absolute Gasteiger partial charge is 0.326 e. The van der Waals surface area contributed by atoms with Gasteiger partial charge in [0.2, 0.25) is 29.5 Å². The Bertz CT molecular complexity index is 1560. The van der Waals surface area contributed by atoms with Crippen LogP contribution < -0.4 is 31.9 Å². The van der Waals surface area contributed by atoms with E-state index in [1.54, 1.807) is 7.05 Å². The number of hydrogen-bond acceptors (Lipinski definition) is 13. The first-order valence-electron chi connectivity index (χ1n) is 22.4. The van der Waals surface area contributed by atoms with E-state index in [9.17, 15) is 73.5 Å². The zero-order chi connectivity index (χ0) is 48.7. The molecule has 0 saturated carbocycles. The van der Waals surface area contributed by atoms with Crippen LogP contribution in [0.5, 0.6) is 0 Å². The zero-order valence-electron chi connectivity index (χ0n) is 37.2. The maximum Gasteiger partial charge on any atom is 0.326 e. The third-order valence-electron chi connectivity index (χ3n) is 10.8. The fourth-order valence-electron chi connectivity index (χ4n) is 6.86. The van der Waals surface area contributed by atoms with Gasteiger partial charge >= 0.3 is 29.8 Å².